The maximum Gasteiger partial charge on any atom is 1.00 e. The van der Waals surface area contributed by atoms with Gasteiger partial charge >= 0.3 is 87.8 Å². The Labute approximate surface area is 109 Å². The summed E-state index contributed by atoms with van der Waals surface area (Å²) in [5.74, 6) is -1.08. The van der Waals surface area contributed by atoms with Gasteiger partial charge in [-0.2, -0.15) is 0 Å². The topological polar surface area (TPSA) is 40.1 Å². The minimum Gasteiger partial charge on any atom is -1.00 e. The molecule has 26 valence electrons. The van der Waals surface area contributed by atoms with Gasteiger partial charge in [-0.05, 0) is 6.92 Å². The Bertz CT molecular complexity index is 38.7. The molecule has 0 rings (SSSR count). The standard InChI is InChI=1S/C2H4O2.Cs.Li.H/c1-2(3)4;;;/h1H3,(H,3,4);;;/q;2*+1;-1/p-1. The van der Waals surface area contributed by atoms with Gasteiger partial charge < -0.3 is 11.3 Å². The van der Waals surface area contributed by atoms with Crippen molar-refractivity contribution in [1.29, 1.82) is 0 Å². The molecule has 0 aromatic heterocycles. The number of aliphatic carboxylic acids is 1. The van der Waals surface area contributed by atoms with E-state index in [1.807, 2.05) is 0 Å². The minimum atomic E-state index is -1.08. The van der Waals surface area contributed by atoms with Gasteiger partial charge in [-0.3, -0.25) is 0 Å². The number of hydrogen-bond acceptors (Lipinski definition) is 2. The molecular weight excluding hydrogens is 196 g/mol. The van der Waals surface area contributed by atoms with Crippen LogP contribution in [0, 0.1) is 0 Å². The molecule has 0 fully saturated rings. The van der Waals surface area contributed by atoms with Crippen molar-refractivity contribution >= 4 is 5.97 Å². The maximum absolute atomic E-state index is 8.89. The first-order valence-electron chi connectivity index (χ1n) is 0.908. The second-order valence-corrected chi connectivity index (χ2v) is 0.492. The molecule has 0 N–H and O–H groups in total. The molecule has 0 atom stereocenters. The van der Waals surface area contributed by atoms with Crippen molar-refractivity contribution in [1.82, 2.24) is 0 Å². The van der Waals surface area contributed by atoms with Crippen molar-refractivity contribution < 1.29 is 99.1 Å². The maximum atomic E-state index is 8.89. The third kappa shape index (κ3) is 35.7. The van der Waals surface area contributed by atoms with Crippen LogP contribution in [0.1, 0.15) is 8.35 Å². The molecule has 0 unspecified atom stereocenters. The number of carboxylic acids is 1. The van der Waals surface area contributed by atoms with Crippen LogP contribution in [0.5, 0.6) is 0 Å². The molecule has 0 radical (unpaired) electrons. The van der Waals surface area contributed by atoms with E-state index < -0.39 is 5.97 Å². The molecule has 0 saturated heterocycles. The van der Waals surface area contributed by atoms with E-state index in [1.54, 1.807) is 0 Å². The predicted molar refractivity (Wildman–Crippen MR) is 11.8 cm³/mol. The summed E-state index contributed by atoms with van der Waals surface area (Å²) in [5.41, 5.74) is 0. The van der Waals surface area contributed by atoms with Gasteiger partial charge in [0.25, 0.3) is 0 Å². The molecule has 0 aliphatic carbocycles. The zero-order valence-electron chi connectivity index (χ0n) is 5.32. The molecular formula is C2H4CsLiO2. The van der Waals surface area contributed by atoms with Crippen LogP contribution in [0.3, 0.4) is 0 Å². The van der Waals surface area contributed by atoms with Gasteiger partial charge in [0.2, 0.25) is 0 Å². The number of rotatable bonds is 0. The van der Waals surface area contributed by atoms with Crippen LogP contribution in [-0.2, 0) is 4.79 Å². The van der Waals surface area contributed by atoms with Crippen LogP contribution in [-0.4, -0.2) is 5.97 Å². The average Bonchev–Trinajstić information content (AvgIpc) is 0.811. The van der Waals surface area contributed by atoms with Gasteiger partial charge in [-0.1, -0.05) is 0 Å². The van der Waals surface area contributed by atoms with Crippen molar-refractivity contribution in [2.75, 3.05) is 0 Å². The van der Waals surface area contributed by atoms with Crippen molar-refractivity contribution in [3.05, 3.63) is 0 Å². The quantitative estimate of drug-likeness (QED) is 0.364. The van der Waals surface area contributed by atoms with E-state index in [1.165, 1.54) is 0 Å². The predicted octanol–water partition coefficient (Wildman–Crippen LogP) is -7.12. The zero-order chi connectivity index (χ0) is 3.58. The number of carbonyl (C=O) groups is 1. The first-order chi connectivity index (χ1) is 1.73. The fourth-order valence-corrected chi connectivity index (χ4v) is 0. The molecule has 0 aromatic carbocycles. The summed E-state index contributed by atoms with van der Waals surface area (Å²) < 4.78 is 0. The Morgan fingerprint density at radius 3 is 1.83 bits per heavy atom. The van der Waals surface area contributed by atoms with Crippen LogP contribution >= 0.6 is 0 Å². The fraction of sp³-hybridized carbons (Fsp3) is 0.500. The fourth-order valence-electron chi connectivity index (χ4n) is 0. The second kappa shape index (κ2) is 10.2. The largest absolute Gasteiger partial charge is 1.00 e. The van der Waals surface area contributed by atoms with Crippen LogP contribution in [0.25, 0.3) is 0 Å². The SMILES string of the molecule is CC(=O)[O-].[Cs+].[H-].[Li+]. The number of carbonyl (C=O) groups excluding carboxylic acids is 1. The summed E-state index contributed by atoms with van der Waals surface area (Å²) >= 11 is 0. The van der Waals surface area contributed by atoms with E-state index in [0.29, 0.717) is 0 Å². The Hall–Kier alpha value is 2.12. The molecule has 0 aliphatic heterocycles. The second-order valence-electron chi connectivity index (χ2n) is 0.492. The molecule has 0 heterocycles. The average molecular weight is 200 g/mol. The van der Waals surface area contributed by atoms with E-state index in [4.69, 9.17) is 9.90 Å². The van der Waals surface area contributed by atoms with Crippen molar-refractivity contribution in [2.24, 2.45) is 0 Å². The molecule has 0 spiro atoms. The molecule has 0 aromatic rings. The van der Waals surface area contributed by atoms with Gasteiger partial charge in [0.15, 0.2) is 0 Å². The summed E-state index contributed by atoms with van der Waals surface area (Å²) in [4.78, 5) is 8.89. The molecule has 0 amide bonds. The zero-order valence-corrected chi connectivity index (χ0v) is 10.6. The van der Waals surface area contributed by atoms with Crippen LogP contribution in [0.4, 0.5) is 0 Å². The van der Waals surface area contributed by atoms with E-state index in [0.717, 1.165) is 6.92 Å². The summed E-state index contributed by atoms with van der Waals surface area (Å²) in [5, 5.41) is 8.89. The summed E-state index contributed by atoms with van der Waals surface area (Å²) in [6.07, 6.45) is 0. The molecule has 4 heteroatoms. The van der Waals surface area contributed by atoms with Gasteiger partial charge in [-0.25, -0.2) is 0 Å². The molecule has 0 saturated carbocycles. The molecule has 6 heavy (non-hydrogen) atoms. The van der Waals surface area contributed by atoms with Crippen molar-refractivity contribution in [3.63, 3.8) is 0 Å². The summed E-state index contributed by atoms with van der Waals surface area (Å²) in [7, 11) is 0. The third-order valence-corrected chi connectivity index (χ3v) is 0. The summed E-state index contributed by atoms with van der Waals surface area (Å²) in [6.45, 7) is 0.972. The van der Waals surface area contributed by atoms with Crippen LogP contribution in [0.15, 0.2) is 0 Å². The van der Waals surface area contributed by atoms with Crippen molar-refractivity contribution in [2.45, 2.75) is 6.92 Å². The van der Waals surface area contributed by atoms with Crippen LogP contribution in [0.2, 0.25) is 0 Å². The minimum absolute atomic E-state index is 0. The van der Waals surface area contributed by atoms with Gasteiger partial charge in [0.1, 0.15) is 0 Å². The molecule has 0 bridgehead atoms. The van der Waals surface area contributed by atoms with E-state index in [2.05, 4.69) is 0 Å². The first-order valence-corrected chi connectivity index (χ1v) is 0.908. The van der Waals surface area contributed by atoms with Crippen LogP contribution < -0.4 is 92.9 Å². The van der Waals surface area contributed by atoms with E-state index >= 15 is 0 Å². The number of carboxylic acid groups (broad SMARTS) is 1. The smallest absolute Gasteiger partial charge is 1.00 e. The Kier molecular flexibility index (Phi) is 26.6. The monoisotopic (exact) mass is 200 g/mol. The van der Waals surface area contributed by atoms with E-state index in [-0.39, 0.29) is 89.2 Å². The van der Waals surface area contributed by atoms with Gasteiger partial charge in [0, 0.05) is 5.97 Å². The molecule has 2 nitrogen and oxygen atoms in total. The molecule has 0 aliphatic rings. The first kappa shape index (κ1) is 15.7. The Morgan fingerprint density at radius 1 is 1.83 bits per heavy atom. The Morgan fingerprint density at radius 2 is 1.83 bits per heavy atom. The van der Waals surface area contributed by atoms with Gasteiger partial charge in [-0.15, -0.1) is 0 Å². The number of hydrogen-bond donors (Lipinski definition) is 0. The summed E-state index contributed by atoms with van der Waals surface area (Å²) in [6, 6.07) is 0. The normalized spacial score (nSPS) is 4.17. The Balaban J connectivity index is -0.0000000150. The van der Waals surface area contributed by atoms with Crippen molar-refractivity contribution in [3.8, 4) is 0 Å². The third-order valence-electron chi connectivity index (χ3n) is 0. The van der Waals surface area contributed by atoms with E-state index in [9.17, 15) is 0 Å². The van der Waals surface area contributed by atoms with Gasteiger partial charge in [0.05, 0.1) is 0 Å².